The van der Waals surface area contributed by atoms with Gasteiger partial charge in [-0.1, -0.05) is 0 Å². The van der Waals surface area contributed by atoms with Crippen LogP contribution in [-0.4, -0.2) is 56.7 Å². The van der Waals surface area contributed by atoms with Gasteiger partial charge in [-0.15, -0.1) is 0 Å². The Morgan fingerprint density at radius 2 is 2.19 bits per heavy atom. The van der Waals surface area contributed by atoms with Crippen LogP contribution in [0.3, 0.4) is 0 Å². The molecule has 1 fully saturated rings. The van der Waals surface area contributed by atoms with Crippen LogP contribution in [0.4, 0.5) is 0 Å². The van der Waals surface area contributed by atoms with E-state index in [1.807, 2.05) is 0 Å². The number of ether oxygens (including phenoxy) is 1. The minimum Gasteiger partial charge on any atom is -0.370 e. The summed E-state index contributed by atoms with van der Waals surface area (Å²) in [4.78, 5) is 13.6. The molecule has 0 aromatic carbocycles. The molecule has 1 amide bonds. The summed E-state index contributed by atoms with van der Waals surface area (Å²) in [6.45, 7) is 1.71. The first-order chi connectivity index (χ1) is 7.60. The minimum absolute atomic E-state index is 0.0541. The molecule has 0 bridgehead atoms. The van der Waals surface area contributed by atoms with Gasteiger partial charge in [0.1, 0.15) is 6.61 Å². The van der Waals surface area contributed by atoms with E-state index in [4.69, 9.17) is 10.5 Å². The number of nitrogens with one attached hydrogen (secondary N) is 1. The van der Waals surface area contributed by atoms with Gasteiger partial charge < -0.3 is 20.7 Å². The van der Waals surface area contributed by atoms with Crippen molar-refractivity contribution in [3.05, 3.63) is 0 Å². The fourth-order valence-corrected chi connectivity index (χ4v) is 1.93. The fraction of sp³-hybridized carbons (Fsp3) is 0.909. The molecule has 1 saturated carbocycles. The molecule has 0 heterocycles. The number of rotatable bonds is 7. The largest absolute Gasteiger partial charge is 0.370 e. The van der Waals surface area contributed by atoms with Gasteiger partial charge in [-0.3, -0.25) is 4.79 Å². The van der Waals surface area contributed by atoms with Crippen LogP contribution in [0.25, 0.3) is 0 Å². The maximum Gasteiger partial charge on any atom is 0.246 e. The third-order valence-electron chi connectivity index (χ3n) is 3.34. The van der Waals surface area contributed by atoms with Crippen LogP contribution in [0.5, 0.6) is 0 Å². The van der Waals surface area contributed by atoms with Crippen molar-refractivity contribution in [1.29, 1.82) is 0 Å². The van der Waals surface area contributed by atoms with E-state index in [9.17, 15) is 4.79 Å². The van der Waals surface area contributed by atoms with Crippen molar-refractivity contribution in [3.63, 3.8) is 0 Å². The van der Waals surface area contributed by atoms with E-state index < -0.39 is 0 Å². The third-order valence-corrected chi connectivity index (χ3v) is 3.34. The highest BCUT2D eigenvalue weighted by Gasteiger charge is 2.39. The lowest BCUT2D eigenvalue weighted by Crippen LogP contribution is -2.57. The first-order valence-electron chi connectivity index (χ1n) is 5.83. The summed E-state index contributed by atoms with van der Waals surface area (Å²) >= 11 is 0. The topological polar surface area (TPSA) is 67.6 Å². The van der Waals surface area contributed by atoms with E-state index in [0.717, 1.165) is 12.8 Å². The highest BCUT2D eigenvalue weighted by molar-refractivity contribution is 5.77. The van der Waals surface area contributed by atoms with Crippen molar-refractivity contribution < 1.29 is 9.53 Å². The second-order valence-electron chi connectivity index (χ2n) is 4.59. The van der Waals surface area contributed by atoms with Crippen molar-refractivity contribution in [2.75, 3.05) is 40.4 Å². The highest BCUT2D eigenvalue weighted by atomic mass is 16.5. The molecule has 0 aliphatic heterocycles. The first-order valence-corrected chi connectivity index (χ1v) is 5.83. The Hall–Kier alpha value is -0.650. The Labute approximate surface area is 97.3 Å². The van der Waals surface area contributed by atoms with Gasteiger partial charge in [-0.05, 0) is 33.4 Å². The van der Waals surface area contributed by atoms with Gasteiger partial charge in [0.15, 0.2) is 0 Å². The summed E-state index contributed by atoms with van der Waals surface area (Å²) in [7, 11) is 4.13. The summed E-state index contributed by atoms with van der Waals surface area (Å²) in [6.07, 6.45) is 3.56. The Bertz CT molecular complexity index is 227. The van der Waals surface area contributed by atoms with Crippen molar-refractivity contribution in [2.45, 2.75) is 24.8 Å². The molecule has 3 N–H and O–H groups in total. The third kappa shape index (κ3) is 3.43. The number of carbonyl (C=O) groups is 1. The summed E-state index contributed by atoms with van der Waals surface area (Å²) in [5, 5.41) is 2.92. The molecule has 1 aliphatic carbocycles. The SMILES string of the molecule is CN(C)C1(CNC(=O)COCCN)CCC1. The zero-order valence-corrected chi connectivity index (χ0v) is 10.3. The van der Waals surface area contributed by atoms with Gasteiger partial charge in [0.2, 0.25) is 5.91 Å². The Kier molecular flexibility index (Phi) is 5.18. The fourth-order valence-electron chi connectivity index (χ4n) is 1.93. The van der Waals surface area contributed by atoms with Crippen molar-refractivity contribution in [3.8, 4) is 0 Å². The van der Waals surface area contributed by atoms with Crippen LogP contribution in [0.15, 0.2) is 0 Å². The quantitative estimate of drug-likeness (QED) is 0.581. The molecular weight excluding hydrogens is 206 g/mol. The molecule has 0 aromatic heterocycles. The van der Waals surface area contributed by atoms with E-state index >= 15 is 0 Å². The zero-order valence-electron chi connectivity index (χ0n) is 10.3. The normalized spacial score (nSPS) is 18.2. The maximum atomic E-state index is 11.4. The van der Waals surface area contributed by atoms with Crippen molar-refractivity contribution in [2.24, 2.45) is 5.73 Å². The maximum absolute atomic E-state index is 11.4. The molecule has 0 saturated heterocycles. The van der Waals surface area contributed by atoms with Gasteiger partial charge in [-0.2, -0.15) is 0 Å². The number of carbonyl (C=O) groups excluding carboxylic acids is 1. The number of nitrogens with zero attached hydrogens (tertiary/aromatic N) is 1. The number of likely N-dealkylation sites (N-methyl/N-ethyl adjacent to an activating group) is 1. The van der Waals surface area contributed by atoms with Crippen LogP contribution in [-0.2, 0) is 9.53 Å². The Balaban J connectivity index is 2.20. The molecule has 16 heavy (non-hydrogen) atoms. The van der Waals surface area contributed by atoms with Gasteiger partial charge in [0.05, 0.1) is 6.61 Å². The lowest BCUT2D eigenvalue weighted by atomic mass is 9.75. The Morgan fingerprint density at radius 3 is 2.62 bits per heavy atom. The number of hydrogen-bond acceptors (Lipinski definition) is 4. The average Bonchev–Trinajstić information content (AvgIpc) is 2.16. The summed E-state index contributed by atoms with van der Waals surface area (Å²) in [5.74, 6) is -0.0541. The van der Waals surface area contributed by atoms with Gasteiger partial charge in [0, 0.05) is 18.6 Å². The van der Waals surface area contributed by atoms with Crippen LogP contribution < -0.4 is 11.1 Å². The second-order valence-corrected chi connectivity index (χ2v) is 4.59. The van der Waals surface area contributed by atoms with Crippen LogP contribution >= 0.6 is 0 Å². The minimum atomic E-state index is -0.0541. The molecule has 5 heteroatoms. The van der Waals surface area contributed by atoms with Crippen molar-refractivity contribution in [1.82, 2.24) is 10.2 Å². The van der Waals surface area contributed by atoms with E-state index in [2.05, 4.69) is 24.3 Å². The Morgan fingerprint density at radius 1 is 1.50 bits per heavy atom. The summed E-state index contributed by atoms with van der Waals surface area (Å²) in [6, 6.07) is 0. The molecule has 5 nitrogen and oxygen atoms in total. The second kappa shape index (κ2) is 6.18. The standard InChI is InChI=1S/C11H23N3O2/c1-14(2)11(4-3-5-11)9-13-10(15)8-16-7-6-12/h3-9,12H2,1-2H3,(H,13,15). The predicted molar refractivity (Wildman–Crippen MR) is 63.2 cm³/mol. The van der Waals surface area contributed by atoms with Crippen LogP contribution in [0, 0.1) is 0 Å². The molecule has 0 radical (unpaired) electrons. The predicted octanol–water partition coefficient (Wildman–Crippen LogP) is -0.438. The molecule has 0 aromatic rings. The van der Waals surface area contributed by atoms with Gasteiger partial charge in [0.25, 0.3) is 0 Å². The molecular formula is C11H23N3O2. The number of hydrogen-bond donors (Lipinski definition) is 2. The number of nitrogens with two attached hydrogens (primary N) is 1. The van der Waals surface area contributed by atoms with Gasteiger partial charge >= 0.3 is 0 Å². The highest BCUT2D eigenvalue weighted by Crippen LogP contribution is 2.35. The van der Waals surface area contributed by atoms with E-state index in [1.165, 1.54) is 6.42 Å². The lowest BCUT2D eigenvalue weighted by molar-refractivity contribution is -0.126. The van der Waals surface area contributed by atoms with E-state index in [1.54, 1.807) is 0 Å². The van der Waals surface area contributed by atoms with Crippen LogP contribution in [0.1, 0.15) is 19.3 Å². The van der Waals surface area contributed by atoms with Crippen LogP contribution in [0.2, 0.25) is 0 Å². The van der Waals surface area contributed by atoms with E-state index in [-0.39, 0.29) is 18.1 Å². The summed E-state index contributed by atoms with van der Waals surface area (Å²) in [5.41, 5.74) is 5.44. The molecule has 0 unspecified atom stereocenters. The first kappa shape index (κ1) is 13.4. The molecule has 0 atom stereocenters. The number of amides is 1. The molecule has 94 valence electrons. The summed E-state index contributed by atoms with van der Waals surface area (Å²) < 4.78 is 5.07. The van der Waals surface area contributed by atoms with E-state index in [0.29, 0.717) is 19.7 Å². The molecule has 1 rings (SSSR count). The van der Waals surface area contributed by atoms with Gasteiger partial charge in [-0.25, -0.2) is 0 Å². The van der Waals surface area contributed by atoms with Crippen molar-refractivity contribution >= 4 is 5.91 Å². The lowest BCUT2D eigenvalue weighted by Gasteiger charge is -2.47. The molecule has 1 aliphatic rings. The molecule has 0 spiro atoms. The smallest absolute Gasteiger partial charge is 0.246 e. The monoisotopic (exact) mass is 229 g/mol. The zero-order chi connectivity index (χ0) is 12.0. The average molecular weight is 229 g/mol.